The molecular formula is C27H58ClN. The lowest BCUT2D eigenvalue weighted by molar-refractivity contribution is 0.314. The van der Waals surface area contributed by atoms with Crippen molar-refractivity contribution in [2.75, 3.05) is 20.1 Å². The van der Waals surface area contributed by atoms with Crippen LogP contribution in [0.3, 0.4) is 0 Å². The van der Waals surface area contributed by atoms with E-state index >= 15 is 0 Å². The summed E-state index contributed by atoms with van der Waals surface area (Å²) in [5.74, 6) is 0. The van der Waals surface area contributed by atoms with Crippen LogP contribution in [0.4, 0.5) is 0 Å². The van der Waals surface area contributed by atoms with E-state index in [-0.39, 0.29) is 12.4 Å². The van der Waals surface area contributed by atoms with Crippen molar-refractivity contribution in [1.29, 1.82) is 0 Å². The number of hydrogen-bond donors (Lipinski definition) is 0. The van der Waals surface area contributed by atoms with Crippen molar-refractivity contribution in [2.24, 2.45) is 0 Å². The Hall–Kier alpha value is 0.250. The van der Waals surface area contributed by atoms with Crippen LogP contribution in [0.15, 0.2) is 0 Å². The van der Waals surface area contributed by atoms with E-state index in [4.69, 9.17) is 0 Å². The fourth-order valence-corrected chi connectivity index (χ4v) is 4.20. The molecule has 0 saturated carbocycles. The van der Waals surface area contributed by atoms with E-state index in [2.05, 4.69) is 25.8 Å². The molecule has 0 radical (unpaired) electrons. The maximum Gasteiger partial charge on any atom is -0.00218 e. The van der Waals surface area contributed by atoms with Crippen LogP contribution in [0.25, 0.3) is 0 Å². The molecule has 0 heterocycles. The maximum atomic E-state index is 2.57. The predicted octanol–water partition coefficient (Wildman–Crippen LogP) is 9.96. The highest BCUT2D eigenvalue weighted by Gasteiger charge is 1.99. The van der Waals surface area contributed by atoms with Crippen LogP contribution in [-0.4, -0.2) is 25.0 Å². The summed E-state index contributed by atoms with van der Waals surface area (Å²) in [6, 6.07) is 0. The van der Waals surface area contributed by atoms with Gasteiger partial charge in [0.15, 0.2) is 0 Å². The average Bonchev–Trinajstić information content (AvgIpc) is 2.70. The number of rotatable bonds is 24. The van der Waals surface area contributed by atoms with Crippen molar-refractivity contribution in [2.45, 2.75) is 155 Å². The van der Waals surface area contributed by atoms with Crippen LogP contribution >= 0.6 is 12.4 Å². The van der Waals surface area contributed by atoms with Gasteiger partial charge in [-0.1, -0.05) is 142 Å². The first-order valence-corrected chi connectivity index (χ1v) is 13.5. The largest absolute Gasteiger partial charge is 0.306 e. The zero-order chi connectivity index (χ0) is 20.5. The molecule has 1 nitrogen and oxygen atoms in total. The summed E-state index contributed by atoms with van der Waals surface area (Å²) in [7, 11) is 2.33. The minimum atomic E-state index is 0. The van der Waals surface area contributed by atoms with Gasteiger partial charge in [-0.15, -0.1) is 12.4 Å². The fraction of sp³-hybridized carbons (Fsp3) is 1.00. The highest BCUT2D eigenvalue weighted by atomic mass is 35.5. The summed E-state index contributed by atoms with van der Waals surface area (Å²) in [5, 5.41) is 0. The summed E-state index contributed by atoms with van der Waals surface area (Å²) in [4.78, 5) is 2.57. The maximum absolute atomic E-state index is 2.57. The van der Waals surface area contributed by atoms with Crippen LogP contribution in [0.2, 0.25) is 0 Å². The molecule has 0 fully saturated rings. The van der Waals surface area contributed by atoms with Gasteiger partial charge in [-0.2, -0.15) is 0 Å². The highest BCUT2D eigenvalue weighted by Crippen LogP contribution is 2.13. The molecule has 0 spiro atoms. The van der Waals surface area contributed by atoms with Gasteiger partial charge < -0.3 is 4.90 Å². The quantitative estimate of drug-likeness (QED) is 0.137. The molecule has 0 unspecified atom stereocenters. The van der Waals surface area contributed by atoms with Gasteiger partial charge in [0.25, 0.3) is 0 Å². The Morgan fingerprint density at radius 1 is 0.345 bits per heavy atom. The smallest absolute Gasteiger partial charge is 0.00218 e. The third kappa shape index (κ3) is 28.2. The van der Waals surface area contributed by atoms with Gasteiger partial charge in [-0.3, -0.25) is 0 Å². The Kier molecular flexibility index (Phi) is 30.6. The van der Waals surface area contributed by atoms with Gasteiger partial charge >= 0.3 is 0 Å². The monoisotopic (exact) mass is 431 g/mol. The van der Waals surface area contributed by atoms with Gasteiger partial charge in [0, 0.05) is 0 Å². The zero-order valence-electron chi connectivity index (χ0n) is 20.8. The Labute approximate surface area is 192 Å². The van der Waals surface area contributed by atoms with E-state index in [0.717, 1.165) is 0 Å². The Balaban J connectivity index is 0. The third-order valence-corrected chi connectivity index (χ3v) is 6.29. The van der Waals surface area contributed by atoms with E-state index < -0.39 is 0 Å². The van der Waals surface area contributed by atoms with E-state index in [1.165, 1.54) is 154 Å². The van der Waals surface area contributed by atoms with Crippen LogP contribution < -0.4 is 0 Å². The van der Waals surface area contributed by atoms with Crippen LogP contribution in [0.5, 0.6) is 0 Å². The number of unbranched alkanes of at least 4 members (excludes halogenated alkanes) is 20. The van der Waals surface area contributed by atoms with E-state index in [1.807, 2.05) is 0 Å². The van der Waals surface area contributed by atoms with Crippen molar-refractivity contribution in [3.05, 3.63) is 0 Å². The molecular weight excluding hydrogens is 374 g/mol. The average molecular weight is 432 g/mol. The SMILES string of the molecule is CCCCCCCCCCCCCN(C)CCCCCCCCCCCCC.Cl. The van der Waals surface area contributed by atoms with Gasteiger partial charge in [0.2, 0.25) is 0 Å². The van der Waals surface area contributed by atoms with Crippen LogP contribution in [0.1, 0.15) is 155 Å². The topological polar surface area (TPSA) is 3.24 Å². The molecule has 29 heavy (non-hydrogen) atoms. The first kappa shape index (κ1) is 31.4. The number of hydrogen-bond acceptors (Lipinski definition) is 1. The minimum absolute atomic E-state index is 0. The number of halogens is 1. The lowest BCUT2D eigenvalue weighted by atomic mass is 10.1. The second-order valence-corrected chi connectivity index (χ2v) is 9.37. The molecule has 0 aromatic carbocycles. The fourth-order valence-electron chi connectivity index (χ4n) is 4.20. The zero-order valence-corrected chi connectivity index (χ0v) is 21.6. The van der Waals surface area contributed by atoms with Crippen molar-refractivity contribution < 1.29 is 0 Å². The van der Waals surface area contributed by atoms with Crippen molar-refractivity contribution in [1.82, 2.24) is 4.90 Å². The van der Waals surface area contributed by atoms with Crippen molar-refractivity contribution in [3.8, 4) is 0 Å². The Morgan fingerprint density at radius 3 is 0.793 bits per heavy atom. The van der Waals surface area contributed by atoms with Crippen LogP contribution in [-0.2, 0) is 0 Å². The summed E-state index contributed by atoms with van der Waals surface area (Å²) in [5.41, 5.74) is 0. The summed E-state index contributed by atoms with van der Waals surface area (Å²) in [6.07, 6.45) is 31.9. The summed E-state index contributed by atoms with van der Waals surface area (Å²) < 4.78 is 0. The molecule has 0 rings (SSSR count). The molecule has 0 atom stereocenters. The molecule has 2 heteroatoms. The summed E-state index contributed by atoms with van der Waals surface area (Å²) >= 11 is 0. The van der Waals surface area contributed by atoms with Gasteiger partial charge in [0.05, 0.1) is 0 Å². The molecule has 178 valence electrons. The molecule has 0 aliphatic carbocycles. The standard InChI is InChI=1S/C27H57N.ClH/c1-4-6-8-10-12-14-16-18-20-22-24-26-28(3)27-25-23-21-19-17-15-13-11-9-7-5-2;/h4-27H2,1-3H3;1H. The normalized spacial score (nSPS) is 11.2. The minimum Gasteiger partial charge on any atom is -0.306 e. The molecule has 0 aliphatic heterocycles. The molecule has 0 saturated heterocycles. The van der Waals surface area contributed by atoms with E-state index in [1.54, 1.807) is 0 Å². The Bertz CT molecular complexity index is 243. The third-order valence-electron chi connectivity index (χ3n) is 6.29. The van der Waals surface area contributed by atoms with Gasteiger partial charge in [-0.05, 0) is 33.0 Å². The predicted molar refractivity (Wildman–Crippen MR) is 138 cm³/mol. The highest BCUT2D eigenvalue weighted by molar-refractivity contribution is 5.85. The molecule has 0 aromatic heterocycles. The second kappa shape index (κ2) is 28.2. The lowest BCUT2D eigenvalue weighted by Crippen LogP contribution is -2.20. The molecule has 0 aliphatic rings. The second-order valence-electron chi connectivity index (χ2n) is 9.37. The first-order valence-electron chi connectivity index (χ1n) is 13.5. The number of nitrogens with zero attached hydrogens (tertiary/aromatic N) is 1. The van der Waals surface area contributed by atoms with Crippen molar-refractivity contribution >= 4 is 12.4 Å². The van der Waals surface area contributed by atoms with Crippen molar-refractivity contribution in [3.63, 3.8) is 0 Å². The van der Waals surface area contributed by atoms with Gasteiger partial charge in [-0.25, -0.2) is 0 Å². The van der Waals surface area contributed by atoms with Gasteiger partial charge in [0.1, 0.15) is 0 Å². The molecule has 0 N–H and O–H groups in total. The van der Waals surface area contributed by atoms with E-state index in [0.29, 0.717) is 0 Å². The first-order chi connectivity index (χ1) is 13.8. The lowest BCUT2D eigenvalue weighted by Gasteiger charge is -2.16. The van der Waals surface area contributed by atoms with Crippen LogP contribution in [0, 0.1) is 0 Å². The summed E-state index contributed by atoms with van der Waals surface area (Å²) in [6.45, 7) is 7.23. The van der Waals surface area contributed by atoms with E-state index in [9.17, 15) is 0 Å². The Morgan fingerprint density at radius 2 is 0.552 bits per heavy atom. The molecule has 0 bridgehead atoms. The molecule has 0 aromatic rings. The molecule has 0 amide bonds.